The number of aromatic nitrogens is 1. The maximum atomic E-state index is 13.3. The zero-order valence-corrected chi connectivity index (χ0v) is 16.5. The SMILES string of the molecule is C[C@H](CNC(=O)[C@H]1CCCN(c2ncccc2C(F)(F)F)C1)CN1CCCC1=O. The summed E-state index contributed by atoms with van der Waals surface area (Å²) in [5.74, 6) is -0.375. The Balaban J connectivity index is 1.55. The van der Waals surface area contributed by atoms with E-state index in [0.29, 0.717) is 38.9 Å². The topological polar surface area (TPSA) is 65.5 Å². The van der Waals surface area contributed by atoms with E-state index in [1.54, 1.807) is 4.90 Å². The minimum Gasteiger partial charge on any atom is -0.355 e. The molecular formula is C20H27F3N4O2. The van der Waals surface area contributed by atoms with Crippen molar-refractivity contribution in [1.82, 2.24) is 15.2 Å². The van der Waals surface area contributed by atoms with E-state index in [2.05, 4.69) is 10.3 Å². The standard InChI is InChI=1S/C20H27F3N4O2/c1-14(12-26-9-4-7-17(26)28)11-25-19(29)15-5-3-10-27(13-15)18-16(20(21,22)23)6-2-8-24-18/h2,6,8,14-15H,3-5,7,9-13H2,1H3,(H,25,29)/t14-,15+/m1/s1. The molecule has 2 fully saturated rings. The second-order valence-corrected chi connectivity index (χ2v) is 7.95. The highest BCUT2D eigenvalue weighted by molar-refractivity contribution is 5.80. The summed E-state index contributed by atoms with van der Waals surface area (Å²) in [4.78, 5) is 31.6. The number of carbonyl (C=O) groups is 2. The predicted octanol–water partition coefficient (Wildman–Crippen LogP) is 2.69. The van der Waals surface area contributed by atoms with Gasteiger partial charge in [0, 0.05) is 45.3 Å². The number of carbonyl (C=O) groups excluding carboxylic acids is 2. The van der Waals surface area contributed by atoms with Gasteiger partial charge >= 0.3 is 6.18 Å². The second-order valence-electron chi connectivity index (χ2n) is 7.95. The van der Waals surface area contributed by atoms with E-state index in [9.17, 15) is 22.8 Å². The lowest BCUT2D eigenvalue weighted by molar-refractivity contribution is -0.137. The first-order valence-electron chi connectivity index (χ1n) is 10.1. The van der Waals surface area contributed by atoms with Crippen LogP contribution in [0, 0.1) is 11.8 Å². The molecule has 2 aliphatic rings. The van der Waals surface area contributed by atoms with E-state index < -0.39 is 11.7 Å². The number of nitrogens with one attached hydrogen (secondary N) is 1. The number of rotatable bonds is 6. The summed E-state index contributed by atoms with van der Waals surface area (Å²) < 4.78 is 39.9. The molecule has 3 rings (SSSR count). The molecule has 2 saturated heterocycles. The predicted molar refractivity (Wildman–Crippen MR) is 102 cm³/mol. The molecule has 0 aliphatic carbocycles. The van der Waals surface area contributed by atoms with Crippen molar-refractivity contribution in [2.24, 2.45) is 11.8 Å². The van der Waals surface area contributed by atoms with Crippen molar-refractivity contribution in [1.29, 1.82) is 0 Å². The summed E-state index contributed by atoms with van der Waals surface area (Å²) in [5.41, 5.74) is -0.773. The number of piperidine rings is 1. The van der Waals surface area contributed by atoms with Gasteiger partial charge in [-0.3, -0.25) is 9.59 Å². The fraction of sp³-hybridized carbons (Fsp3) is 0.650. The van der Waals surface area contributed by atoms with Gasteiger partial charge in [0.15, 0.2) is 0 Å². The normalized spacial score (nSPS) is 21.4. The Labute approximate surface area is 168 Å². The molecule has 3 heterocycles. The van der Waals surface area contributed by atoms with Crippen LogP contribution in [0.15, 0.2) is 18.3 Å². The number of alkyl halides is 3. The molecule has 0 aromatic carbocycles. The van der Waals surface area contributed by atoms with Crippen LogP contribution < -0.4 is 10.2 Å². The molecule has 160 valence electrons. The van der Waals surface area contributed by atoms with Crippen LogP contribution in [0.3, 0.4) is 0 Å². The Bertz CT molecular complexity index is 741. The molecule has 0 spiro atoms. The summed E-state index contributed by atoms with van der Waals surface area (Å²) in [7, 11) is 0. The van der Waals surface area contributed by atoms with Gasteiger partial charge in [-0.15, -0.1) is 0 Å². The summed E-state index contributed by atoms with van der Waals surface area (Å²) in [6.07, 6.45) is -0.413. The van der Waals surface area contributed by atoms with Gasteiger partial charge in [0.2, 0.25) is 11.8 Å². The highest BCUT2D eigenvalue weighted by Gasteiger charge is 2.37. The Kier molecular flexibility index (Phi) is 6.64. The lowest BCUT2D eigenvalue weighted by Gasteiger charge is -2.34. The number of amides is 2. The van der Waals surface area contributed by atoms with Crippen LogP contribution >= 0.6 is 0 Å². The monoisotopic (exact) mass is 412 g/mol. The molecule has 0 radical (unpaired) electrons. The second kappa shape index (κ2) is 9.00. The molecule has 0 bridgehead atoms. The molecule has 1 aromatic rings. The van der Waals surface area contributed by atoms with Crippen molar-refractivity contribution in [3.63, 3.8) is 0 Å². The number of halogens is 3. The van der Waals surface area contributed by atoms with Crippen molar-refractivity contribution >= 4 is 17.6 Å². The molecule has 0 saturated carbocycles. The quantitative estimate of drug-likeness (QED) is 0.780. The molecule has 1 aromatic heterocycles. The van der Waals surface area contributed by atoms with Crippen molar-refractivity contribution in [2.75, 3.05) is 37.6 Å². The van der Waals surface area contributed by atoms with Crippen LogP contribution in [-0.2, 0) is 15.8 Å². The van der Waals surface area contributed by atoms with Crippen molar-refractivity contribution in [2.45, 2.75) is 38.8 Å². The van der Waals surface area contributed by atoms with E-state index in [1.807, 2.05) is 11.8 Å². The third-order valence-electron chi connectivity index (χ3n) is 5.51. The number of pyridine rings is 1. The third-order valence-corrected chi connectivity index (χ3v) is 5.51. The van der Waals surface area contributed by atoms with Crippen LogP contribution in [0.1, 0.15) is 38.2 Å². The average molecular weight is 412 g/mol. The lowest BCUT2D eigenvalue weighted by atomic mass is 9.96. The minimum absolute atomic E-state index is 0.113. The van der Waals surface area contributed by atoms with Crippen molar-refractivity contribution in [3.05, 3.63) is 23.9 Å². The number of likely N-dealkylation sites (tertiary alicyclic amines) is 1. The summed E-state index contributed by atoms with van der Waals surface area (Å²) in [6, 6.07) is 2.29. The molecule has 6 nitrogen and oxygen atoms in total. The number of anilines is 1. The van der Waals surface area contributed by atoms with Gasteiger partial charge in [-0.05, 0) is 37.3 Å². The molecule has 2 amide bonds. The molecular weight excluding hydrogens is 385 g/mol. The van der Waals surface area contributed by atoms with Crippen molar-refractivity contribution in [3.8, 4) is 0 Å². The Morgan fingerprint density at radius 1 is 1.34 bits per heavy atom. The Morgan fingerprint density at radius 3 is 2.83 bits per heavy atom. The van der Waals surface area contributed by atoms with E-state index in [-0.39, 0.29) is 36.0 Å². The molecule has 9 heteroatoms. The first kappa shape index (κ1) is 21.4. The first-order valence-corrected chi connectivity index (χ1v) is 10.1. The van der Waals surface area contributed by atoms with Gasteiger partial charge in [-0.25, -0.2) is 4.98 Å². The van der Waals surface area contributed by atoms with Crippen molar-refractivity contribution < 1.29 is 22.8 Å². The third kappa shape index (κ3) is 5.39. The highest BCUT2D eigenvalue weighted by Crippen LogP contribution is 2.36. The van der Waals surface area contributed by atoms with Gasteiger partial charge in [-0.1, -0.05) is 6.92 Å². The average Bonchev–Trinajstić information content (AvgIpc) is 3.10. The Hall–Kier alpha value is -2.32. The number of hydrogen-bond acceptors (Lipinski definition) is 4. The number of hydrogen-bond donors (Lipinski definition) is 1. The van der Waals surface area contributed by atoms with Gasteiger partial charge in [0.05, 0.1) is 11.5 Å². The van der Waals surface area contributed by atoms with Crippen LogP contribution in [0.2, 0.25) is 0 Å². The van der Waals surface area contributed by atoms with E-state index in [0.717, 1.165) is 19.0 Å². The largest absolute Gasteiger partial charge is 0.419 e. The van der Waals surface area contributed by atoms with Crippen LogP contribution in [0.25, 0.3) is 0 Å². The minimum atomic E-state index is -4.48. The summed E-state index contributed by atoms with van der Waals surface area (Å²) >= 11 is 0. The fourth-order valence-electron chi connectivity index (χ4n) is 4.01. The molecule has 2 aliphatic heterocycles. The molecule has 0 unspecified atom stereocenters. The lowest BCUT2D eigenvalue weighted by Crippen LogP contribution is -2.45. The van der Waals surface area contributed by atoms with Gasteiger partial charge in [0.1, 0.15) is 5.82 Å². The van der Waals surface area contributed by atoms with Crippen LogP contribution in [0.4, 0.5) is 19.0 Å². The van der Waals surface area contributed by atoms with E-state index in [1.165, 1.54) is 12.3 Å². The van der Waals surface area contributed by atoms with Gasteiger partial charge < -0.3 is 15.1 Å². The van der Waals surface area contributed by atoms with E-state index in [4.69, 9.17) is 0 Å². The van der Waals surface area contributed by atoms with E-state index >= 15 is 0 Å². The maximum Gasteiger partial charge on any atom is 0.419 e. The van der Waals surface area contributed by atoms with Crippen LogP contribution in [0.5, 0.6) is 0 Å². The number of nitrogens with zero attached hydrogens (tertiary/aromatic N) is 3. The first-order chi connectivity index (χ1) is 13.8. The fourth-order valence-corrected chi connectivity index (χ4v) is 4.01. The smallest absolute Gasteiger partial charge is 0.355 e. The Morgan fingerprint density at radius 2 is 2.14 bits per heavy atom. The van der Waals surface area contributed by atoms with Gasteiger partial charge in [0.25, 0.3) is 0 Å². The zero-order chi connectivity index (χ0) is 21.0. The maximum absolute atomic E-state index is 13.3. The van der Waals surface area contributed by atoms with Crippen LogP contribution in [-0.4, -0.2) is 54.4 Å². The van der Waals surface area contributed by atoms with Gasteiger partial charge in [-0.2, -0.15) is 13.2 Å². The molecule has 29 heavy (non-hydrogen) atoms. The summed E-state index contributed by atoms with van der Waals surface area (Å²) in [5, 5.41) is 2.91. The molecule has 1 N–H and O–H groups in total. The summed E-state index contributed by atoms with van der Waals surface area (Å²) in [6.45, 7) is 4.44. The highest BCUT2D eigenvalue weighted by atomic mass is 19.4. The zero-order valence-electron chi connectivity index (χ0n) is 16.5. The molecule has 2 atom stereocenters.